The number of rotatable bonds is 8. The van der Waals surface area contributed by atoms with Crippen molar-refractivity contribution >= 4 is 23.5 Å². The van der Waals surface area contributed by atoms with Gasteiger partial charge in [-0.3, -0.25) is 20.1 Å². The molecule has 1 atom stereocenters. The maximum absolute atomic E-state index is 13.5. The average molecular weight is 471 g/mol. The molecule has 2 N–H and O–H groups in total. The Morgan fingerprint density at radius 1 is 1.21 bits per heavy atom. The molecule has 0 unspecified atom stereocenters. The minimum atomic E-state index is -0.804. The van der Waals surface area contributed by atoms with E-state index < -0.39 is 23.8 Å². The van der Waals surface area contributed by atoms with Crippen LogP contribution in [0.3, 0.4) is 0 Å². The van der Waals surface area contributed by atoms with E-state index in [0.29, 0.717) is 22.6 Å². The van der Waals surface area contributed by atoms with Gasteiger partial charge in [0.2, 0.25) is 5.91 Å². The van der Waals surface area contributed by atoms with Crippen molar-refractivity contribution < 1.29 is 23.1 Å². The lowest BCUT2D eigenvalue weighted by Crippen LogP contribution is -2.19. The van der Waals surface area contributed by atoms with Crippen molar-refractivity contribution in [2.75, 3.05) is 10.6 Å². The zero-order valence-corrected chi connectivity index (χ0v) is 18.8. The van der Waals surface area contributed by atoms with Crippen LogP contribution in [0, 0.1) is 12.7 Å². The molecule has 0 aliphatic carbocycles. The highest BCUT2D eigenvalue weighted by atomic mass is 19.1. The Morgan fingerprint density at radius 2 is 1.97 bits per heavy atom. The van der Waals surface area contributed by atoms with Crippen molar-refractivity contribution in [2.24, 2.45) is 7.05 Å². The summed E-state index contributed by atoms with van der Waals surface area (Å²) in [6.07, 6.45) is 0.821. The number of allylic oxidation sites excluding steroid dienone is 1. The van der Waals surface area contributed by atoms with Gasteiger partial charge in [-0.2, -0.15) is 0 Å². The second-order valence-electron chi connectivity index (χ2n) is 7.41. The SMILES string of the molecule is C=C(F)CCC(=O)Nc1ccc(-c2nnn(C)c2NC(=O)O[C@H](C)c2cc(F)cnc2C)nc1. The Hall–Kier alpha value is -4.22. The van der Waals surface area contributed by atoms with Crippen molar-refractivity contribution in [3.8, 4) is 11.4 Å². The Kier molecular flexibility index (Phi) is 7.61. The largest absolute Gasteiger partial charge is 0.441 e. The van der Waals surface area contributed by atoms with Gasteiger partial charge in [-0.05, 0) is 32.0 Å². The van der Waals surface area contributed by atoms with Crippen LogP contribution in [0.15, 0.2) is 43.0 Å². The summed E-state index contributed by atoms with van der Waals surface area (Å²) in [5.41, 5.74) is 2.02. The maximum Gasteiger partial charge on any atom is 0.413 e. The van der Waals surface area contributed by atoms with E-state index in [1.165, 1.54) is 16.9 Å². The van der Waals surface area contributed by atoms with Crippen molar-refractivity contribution in [2.45, 2.75) is 32.8 Å². The first kappa shape index (κ1) is 24.4. The number of carbonyl (C=O) groups excluding carboxylic acids is 2. The minimum absolute atomic E-state index is 0.0406. The number of nitrogens with one attached hydrogen (secondary N) is 2. The first-order valence-electron chi connectivity index (χ1n) is 10.2. The highest BCUT2D eigenvalue weighted by molar-refractivity contribution is 5.91. The van der Waals surface area contributed by atoms with Crippen LogP contribution >= 0.6 is 0 Å². The number of nitrogens with zero attached hydrogens (tertiary/aromatic N) is 5. The number of hydrogen-bond acceptors (Lipinski definition) is 7. The summed E-state index contributed by atoms with van der Waals surface area (Å²) in [6, 6.07) is 4.42. The first-order valence-corrected chi connectivity index (χ1v) is 10.2. The van der Waals surface area contributed by atoms with Gasteiger partial charge in [-0.25, -0.2) is 18.3 Å². The Balaban J connectivity index is 1.69. The summed E-state index contributed by atoms with van der Waals surface area (Å²) in [5.74, 6) is -1.26. The number of pyridine rings is 2. The molecule has 34 heavy (non-hydrogen) atoms. The highest BCUT2D eigenvalue weighted by Gasteiger charge is 2.20. The standard InChI is InChI=1S/C22H23F2N7O3/c1-12(23)5-8-19(32)27-16-6-7-18(26-11-16)20-21(31(4)30-29-20)28-22(33)34-14(3)17-9-15(24)10-25-13(17)2/h6-7,9-11,14H,1,5,8H2,2-4H3,(H,27,32)(H,28,33)/t14-/m1/s1. The van der Waals surface area contributed by atoms with Crippen LogP contribution in [-0.4, -0.2) is 37.0 Å². The first-order chi connectivity index (χ1) is 16.1. The molecule has 2 amide bonds. The average Bonchev–Trinajstić information content (AvgIpc) is 3.14. The summed E-state index contributed by atoms with van der Waals surface area (Å²) in [7, 11) is 1.57. The molecular weight excluding hydrogens is 448 g/mol. The molecule has 3 rings (SSSR count). The molecule has 0 saturated carbocycles. The smallest absolute Gasteiger partial charge is 0.413 e. The molecule has 3 aromatic rings. The number of hydrogen-bond donors (Lipinski definition) is 2. The normalized spacial score (nSPS) is 11.6. The van der Waals surface area contributed by atoms with Crippen LogP contribution in [0.1, 0.15) is 37.1 Å². The third kappa shape index (κ3) is 6.18. The van der Waals surface area contributed by atoms with Crippen LogP contribution < -0.4 is 10.6 Å². The third-order valence-corrected chi connectivity index (χ3v) is 4.77. The Bertz CT molecular complexity index is 1210. The summed E-state index contributed by atoms with van der Waals surface area (Å²) in [6.45, 7) is 6.40. The monoisotopic (exact) mass is 471 g/mol. The van der Waals surface area contributed by atoms with E-state index in [1.807, 2.05) is 0 Å². The van der Waals surface area contributed by atoms with Crippen LogP contribution in [0.25, 0.3) is 11.4 Å². The fourth-order valence-corrected chi connectivity index (χ4v) is 3.04. The maximum atomic E-state index is 13.5. The third-order valence-electron chi connectivity index (χ3n) is 4.77. The van der Waals surface area contributed by atoms with Crippen LogP contribution in [-0.2, 0) is 16.6 Å². The topological polar surface area (TPSA) is 124 Å². The van der Waals surface area contributed by atoms with Crippen LogP contribution in [0.2, 0.25) is 0 Å². The predicted octanol–water partition coefficient (Wildman–Crippen LogP) is 4.23. The molecule has 0 fully saturated rings. The lowest BCUT2D eigenvalue weighted by molar-refractivity contribution is -0.116. The quantitative estimate of drug-likeness (QED) is 0.504. The van der Waals surface area contributed by atoms with Crippen molar-refractivity contribution in [1.29, 1.82) is 0 Å². The Morgan fingerprint density at radius 3 is 2.65 bits per heavy atom. The van der Waals surface area contributed by atoms with E-state index in [4.69, 9.17) is 4.74 Å². The molecule has 3 aromatic heterocycles. The Labute approximate surface area is 194 Å². The van der Waals surface area contributed by atoms with Gasteiger partial charge in [-0.1, -0.05) is 11.8 Å². The number of carbonyl (C=O) groups is 2. The van der Waals surface area contributed by atoms with E-state index in [9.17, 15) is 18.4 Å². The van der Waals surface area contributed by atoms with Gasteiger partial charge in [0.15, 0.2) is 11.5 Å². The number of aromatic nitrogens is 5. The van der Waals surface area contributed by atoms with E-state index in [1.54, 1.807) is 33.0 Å². The molecule has 0 bridgehead atoms. The van der Waals surface area contributed by atoms with Gasteiger partial charge >= 0.3 is 6.09 Å². The predicted molar refractivity (Wildman–Crippen MR) is 120 cm³/mol. The second kappa shape index (κ2) is 10.6. The van der Waals surface area contributed by atoms with Gasteiger partial charge in [0.1, 0.15) is 11.9 Å². The zero-order chi connectivity index (χ0) is 24.8. The van der Waals surface area contributed by atoms with Crippen molar-refractivity contribution in [3.63, 3.8) is 0 Å². The summed E-state index contributed by atoms with van der Waals surface area (Å²) < 4.78 is 32.9. The fourth-order valence-electron chi connectivity index (χ4n) is 3.04. The molecule has 0 saturated heterocycles. The summed E-state index contributed by atoms with van der Waals surface area (Å²) in [4.78, 5) is 32.5. The molecule has 178 valence electrons. The molecule has 0 radical (unpaired) electrons. The molecule has 12 heteroatoms. The lowest BCUT2D eigenvalue weighted by atomic mass is 10.1. The van der Waals surface area contributed by atoms with Crippen LogP contribution in [0.5, 0.6) is 0 Å². The molecular formula is C22H23F2N7O3. The molecule has 0 aliphatic heterocycles. The zero-order valence-electron chi connectivity index (χ0n) is 18.8. The molecule has 0 aliphatic rings. The number of anilines is 2. The van der Waals surface area contributed by atoms with Crippen molar-refractivity contribution in [1.82, 2.24) is 25.0 Å². The number of aryl methyl sites for hydroxylation is 2. The molecule has 0 aromatic carbocycles. The van der Waals surface area contributed by atoms with E-state index in [0.717, 1.165) is 6.20 Å². The number of amides is 2. The molecule has 10 nitrogen and oxygen atoms in total. The lowest BCUT2D eigenvalue weighted by Gasteiger charge is -2.16. The molecule has 0 spiro atoms. The fraction of sp³-hybridized carbons (Fsp3) is 0.273. The van der Waals surface area contributed by atoms with Gasteiger partial charge < -0.3 is 10.1 Å². The summed E-state index contributed by atoms with van der Waals surface area (Å²) >= 11 is 0. The minimum Gasteiger partial charge on any atom is -0.441 e. The number of ether oxygens (including phenoxy) is 1. The second-order valence-corrected chi connectivity index (χ2v) is 7.41. The van der Waals surface area contributed by atoms with Gasteiger partial charge in [0.25, 0.3) is 0 Å². The van der Waals surface area contributed by atoms with E-state index in [-0.39, 0.29) is 30.3 Å². The number of halogens is 2. The van der Waals surface area contributed by atoms with Gasteiger partial charge in [0.05, 0.1) is 29.6 Å². The van der Waals surface area contributed by atoms with Crippen LogP contribution in [0.4, 0.5) is 25.1 Å². The van der Waals surface area contributed by atoms with E-state index >= 15 is 0 Å². The van der Waals surface area contributed by atoms with Gasteiger partial charge in [-0.15, -0.1) is 5.10 Å². The van der Waals surface area contributed by atoms with Gasteiger partial charge in [0, 0.05) is 31.1 Å². The molecule has 3 heterocycles. The van der Waals surface area contributed by atoms with Crippen molar-refractivity contribution in [3.05, 3.63) is 60.1 Å². The van der Waals surface area contributed by atoms with E-state index in [2.05, 4.69) is 37.5 Å². The highest BCUT2D eigenvalue weighted by Crippen LogP contribution is 2.26. The summed E-state index contributed by atoms with van der Waals surface area (Å²) in [5, 5.41) is 13.1.